The molecule has 2 aliphatic heterocycles. The number of carbonyl (C=O) groups excluding carboxylic acids is 1. The summed E-state index contributed by atoms with van der Waals surface area (Å²) in [4.78, 5) is 17.8. The zero-order chi connectivity index (χ0) is 19.5. The van der Waals surface area contributed by atoms with Gasteiger partial charge < -0.3 is 9.80 Å². The molecular formula is C23H32N4O. The number of carbonyl (C=O) groups is 1. The van der Waals surface area contributed by atoms with Crippen molar-refractivity contribution in [1.82, 2.24) is 19.6 Å². The van der Waals surface area contributed by atoms with Crippen molar-refractivity contribution in [3.63, 3.8) is 0 Å². The molecule has 1 amide bonds. The van der Waals surface area contributed by atoms with Crippen molar-refractivity contribution in [2.45, 2.75) is 51.5 Å². The predicted octanol–water partition coefficient (Wildman–Crippen LogP) is 3.88. The SMILES string of the molecule is Cc1nn(C)cc1-c1cccc(C(=O)N2CCC(N3CCCCCC3)CC2)c1. The molecule has 150 valence electrons. The van der Waals surface area contributed by atoms with Crippen LogP contribution in [-0.2, 0) is 7.05 Å². The minimum Gasteiger partial charge on any atom is -0.339 e. The molecular weight excluding hydrogens is 348 g/mol. The predicted molar refractivity (Wildman–Crippen MR) is 112 cm³/mol. The summed E-state index contributed by atoms with van der Waals surface area (Å²) in [5, 5.41) is 4.43. The lowest BCUT2D eigenvalue weighted by atomic mass is 10.00. The maximum Gasteiger partial charge on any atom is 0.253 e. The van der Waals surface area contributed by atoms with Crippen LogP contribution in [0.3, 0.4) is 0 Å². The molecule has 0 radical (unpaired) electrons. The van der Waals surface area contributed by atoms with Crippen LogP contribution < -0.4 is 0 Å². The molecule has 5 nitrogen and oxygen atoms in total. The maximum absolute atomic E-state index is 13.1. The van der Waals surface area contributed by atoms with Gasteiger partial charge in [-0.3, -0.25) is 9.48 Å². The highest BCUT2D eigenvalue weighted by Crippen LogP contribution is 2.25. The van der Waals surface area contributed by atoms with E-state index in [1.807, 2.05) is 47.9 Å². The van der Waals surface area contributed by atoms with E-state index in [1.54, 1.807) is 0 Å². The maximum atomic E-state index is 13.1. The summed E-state index contributed by atoms with van der Waals surface area (Å²) in [6.45, 7) is 6.24. The molecule has 0 saturated carbocycles. The Morgan fingerprint density at radius 1 is 1.04 bits per heavy atom. The Bertz CT molecular complexity index is 812. The Labute approximate surface area is 168 Å². The van der Waals surface area contributed by atoms with Crippen LogP contribution in [0.5, 0.6) is 0 Å². The second-order valence-corrected chi connectivity index (χ2v) is 8.36. The molecule has 2 aromatic rings. The molecule has 2 fully saturated rings. The number of aromatic nitrogens is 2. The summed E-state index contributed by atoms with van der Waals surface area (Å²) in [6.07, 6.45) is 9.65. The minimum atomic E-state index is 0.165. The molecule has 2 aliphatic rings. The van der Waals surface area contributed by atoms with Crippen LogP contribution in [0, 0.1) is 6.92 Å². The van der Waals surface area contributed by atoms with E-state index in [0.717, 1.165) is 48.3 Å². The molecule has 28 heavy (non-hydrogen) atoms. The van der Waals surface area contributed by atoms with Crippen molar-refractivity contribution in [3.05, 3.63) is 41.7 Å². The van der Waals surface area contributed by atoms with E-state index in [1.165, 1.54) is 38.8 Å². The van der Waals surface area contributed by atoms with Crippen LogP contribution in [0.2, 0.25) is 0 Å². The standard InChI is InChI=1S/C23H32N4O/c1-18-22(17-25(2)24-18)19-8-7-9-20(16-19)23(28)27-14-10-21(11-15-27)26-12-5-3-4-6-13-26/h7-9,16-17,21H,3-6,10-15H2,1-2H3. The van der Waals surface area contributed by atoms with Crippen molar-refractivity contribution < 1.29 is 4.79 Å². The van der Waals surface area contributed by atoms with Crippen LogP contribution in [-0.4, -0.2) is 57.7 Å². The third kappa shape index (κ3) is 4.14. The molecule has 1 aromatic carbocycles. The highest BCUT2D eigenvalue weighted by molar-refractivity contribution is 5.95. The summed E-state index contributed by atoms with van der Waals surface area (Å²) < 4.78 is 1.83. The molecule has 1 aromatic heterocycles. The average molecular weight is 381 g/mol. The van der Waals surface area contributed by atoms with Gasteiger partial charge in [-0.1, -0.05) is 25.0 Å². The molecule has 0 atom stereocenters. The smallest absolute Gasteiger partial charge is 0.253 e. The van der Waals surface area contributed by atoms with Gasteiger partial charge in [0, 0.05) is 43.5 Å². The normalized spacial score (nSPS) is 19.6. The fourth-order valence-corrected chi connectivity index (χ4v) is 4.78. The van der Waals surface area contributed by atoms with Crippen molar-refractivity contribution in [3.8, 4) is 11.1 Å². The van der Waals surface area contributed by atoms with Crippen LogP contribution in [0.15, 0.2) is 30.5 Å². The third-order valence-electron chi connectivity index (χ3n) is 6.34. The monoisotopic (exact) mass is 380 g/mol. The number of benzene rings is 1. The highest BCUT2D eigenvalue weighted by atomic mass is 16.2. The van der Waals surface area contributed by atoms with Gasteiger partial charge in [0.25, 0.3) is 5.91 Å². The first-order chi connectivity index (χ1) is 13.6. The number of piperidine rings is 1. The van der Waals surface area contributed by atoms with Crippen molar-refractivity contribution in [1.29, 1.82) is 0 Å². The van der Waals surface area contributed by atoms with Gasteiger partial charge in [0.05, 0.1) is 5.69 Å². The number of nitrogens with zero attached hydrogens (tertiary/aromatic N) is 4. The minimum absolute atomic E-state index is 0.165. The van der Waals surface area contributed by atoms with Gasteiger partial charge in [-0.2, -0.15) is 5.10 Å². The molecule has 2 saturated heterocycles. The third-order valence-corrected chi connectivity index (χ3v) is 6.34. The zero-order valence-electron chi connectivity index (χ0n) is 17.2. The van der Waals surface area contributed by atoms with E-state index >= 15 is 0 Å². The second-order valence-electron chi connectivity index (χ2n) is 8.36. The zero-order valence-corrected chi connectivity index (χ0v) is 17.2. The lowest BCUT2D eigenvalue weighted by molar-refractivity contribution is 0.0623. The number of likely N-dealkylation sites (tertiary alicyclic amines) is 2. The fraction of sp³-hybridized carbons (Fsp3) is 0.565. The van der Waals surface area contributed by atoms with Crippen molar-refractivity contribution in [2.75, 3.05) is 26.2 Å². The van der Waals surface area contributed by atoms with Gasteiger partial charge in [0.1, 0.15) is 0 Å². The Morgan fingerprint density at radius 2 is 1.75 bits per heavy atom. The average Bonchev–Trinajstić information content (AvgIpc) is 2.90. The van der Waals surface area contributed by atoms with Crippen LogP contribution in [0.1, 0.15) is 54.6 Å². The highest BCUT2D eigenvalue weighted by Gasteiger charge is 2.27. The Kier molecular flexibility index (Phi) is 5.81. The molecule has 5 heteroatoms. The first-order valence-electron chi connectivity index (χ1n) is 10.8. The number of hydrogen-bond donors (Lipinski definition) is 0. The van der Waals surface area contributed by atoms with E-state index in [2.05, 4.69) is 16.1 Å². The summed E-state index contributed by atoms with van der Waals surface area (Å²) in [6, 6.07) is 8.67. The van der Waals surface area contributed by atoms with E-state index in [9.17, 15) is 4.79 Å². The number of hydrogen-bond acceptors (Lipinski definition) is 3. The molecule has 0 unspecified atom stereocenters. The second kappa shape index (κ2) is 8.48. The van der Waals surface area contributed by atoms with Crippen LogP contribution >= 0.6 is 0 Å². The summed E-state index contributed by atoms with van der Waals surface area (Å²) >= 11 is 0. The quantitative estimate of drug-likeness (QED) is 0.811. The summed E-state index contributed by atoms with van der Waals surface area (Å²) in [7, 11) is 1.93. The molecule has 0 bridgehead atoms. The van der Waals surface area contributed by atoms with Crippen LogP contribution in [0.25, 0.3) is 11.1 Å². The van der Waals surface area contributed by atoms with Crippen molar-refractivity contribution in [2.24, 2.45) is 7.05 Å². The van der Waals surface area contributed by atoms with E-state index < -0.39 is 0 Å². The topological polar surface area (TPSA) is 41.4 Å². The molecule has 0 spiro atoms. The number of amides is 1. The Morgan fingerprint density at radius 3 is 2.39 bits per heavy atom. The van der Waals surface area contributed by atoms with Gasteiger partial charge in [0.15, 0.2) is 0 Å². The van der Waals surface area contributed by atoms with Crippen LogP contribution in [0.4, 0.5) is 0 Å². The van der Waals surface area contributed by atoms with Crippen molar-refractivity contribution >= 4 is 5.91 Å². The number of rotatable bonds is 3. The van der Waals surface area contributed by atoms with Gasteiger partial charge in [0.2, 0.25) is 0 Å². The Balaban J connectivity index is 1.41. The molecule has 4 rings (SSSR count). The van der Waals surface area contributed by atoms with Gasteiger partial charge in [-0.25, -0.2) is 0 Å². The lowest BCUT2D eigenvalue weighted by Crippen LogP contribution is -2.47. The lowest BCUT2D eigenvalue weighted by Gasteiger charge is -2.38. The van der Waals surface area contributed by atoms with E-state index in [4.69, 9.17) is 0 Å². The van der Waals surface area contributed by atoms with E-state index in [-0.39, 0.29) is 5.91 Å². The van der Waals surface area contributed by atoms with Gasteiger partial charge >= 0.3 is 0 Å². The first-order valence-corrected chi connectivity index (χ1v) is 10.8. The molecule has 0 aliphatic carbocycles. The van der Waals surface area contributed by atoms with Gasteiger partial charge in [-0.05, 0) is 63.4 Å². The largest absolute Gasteiger partial charge is 0.339 e. The first kappa shape index (κ1) is 19.2. The fourth-order valence-electron chi connectivity index (χ4n) is 4.78. The van der Waals surface area contributed by atoms with E-state index in [0.29, 0.717) is 6.04 Å². The molecule has 3 heterocycles. The molecule has 0 N–H and O–H groups in total. The van der Waals surface area contributed by atoms with Gasteiger partial charge in [-0.15, -0.1) is 0 Å². The Hall–Kier alpha value is -2.14. The number of aryl methyl sites for hydroxylation is 2. The summed E-state index contributed by atoms with van der Waals surface area (Å²) in [5.41, 5.74) is 3.94. The summed E-state index contributed by atoms with van der Waals surface area (Å²) in [5.74, 6) is 0.165.